The third kappa shape index (κ3) is 6.42. The summed E-state index contributed by atoms with van der Waals surface area (Å²) in [5.41, 5.74) is 5.05. The maximum Gasteiger partial charge on any atom is 0.343 e. The zero-order valence-electron chi connectivity index (χ0n) is 18.5. The molecule has 35 heavy (non-hydrogen) atoms. The van der Waals surface area contributed by atoms with Crippen molar-refractivity contribution in [3.63, 3.8) is 0 Å². The zero-order chi connectivity index (χ0) is 24.6. The SMILES string of the molecule is Cc1cccc(C(=O)Oc2ccc(/C=N\NC(=O)C(=O)Nc3nnc(-c4ccccc4)s3)cc2)c1. The number of nitrogens with zero attached hydrogens (tertiary/aromatic N) is 3. The van der Waals surface area contributed by atoms with Crippen molar-refractivity contribution >= 4 is 40.5 Å². The van der Waals surface area contributed by atoms with Crippen LogP contribution in [0.4, 0.5) is 5.13 Å². The second kappa shape index (κ2) is 10.9. The first-order valence-corrected chi connectivity index (χ1v) is 11.2. The van der Waals surface area contributed by atoms with Gasteiger partial charge in [-0.2, -0.15) is 5.10 Å². The van der Waals surface area contributed by atoms with Crippen molar-refractivity contribution in [1.82, 2.24) is 15.6 Å². The normalized spacial score (nSPS) is 10.7. The minimum Gasteiger partial charge on any atom is -0.423 e. The Labute approximate surface area is 204 Å². The van der Waals surface area contributed by atoms with Crippen LogP contribution in [0.5, 0.6) is 5.75 Å². The smallest absolute Gasteiger partial charge is 0.343 e. The van der Waals surface area contributed by atoms with E-state index >= 15 is 0 Å². The predicted molar refractivity (Wildman–Crippen MR) is 132 cm³/mol. The van der Waals surface area contributed by atoms with Gasteiger partial charge in [-0.1, -0.05) is 59.4 Å². The van der Waals surface area contributed by atoms with Gasteiger partial charge in [-0.3, -0.25) is 14.9 Å². The highest BCUT2D eigenvalue weighted by molar-refractivity contribution is 7.18. The van der Waals surface area contributed by atoms with Crippen LogP contribution < -0.4 is 15.5 Å². The van der Waals surface area contributed by atoms with Gasteiger partial charge in [0.2, 0.25) is 5.13 Å². The highest BCUT2D eigenvalue weighted by Gasteiger charge is 2.16. The molecule has 0 spiro atoms. The average Bonchev–Trinajstić information content (AvgIpc) is 3.34. The molecule has 0 aliphatic heterocycles. The number of carbonyl (C=O) groups excluding carboxylic acids is 3. The van der Waals surface area contributed by atoms with Crippen LogP contribution in [0, 0.1) is 6.92 Å². The highest BCUT2D eigenvalue weighted by atomic mass is 32.1. The molecule has 2 N–H and O–H groups in total. The largest absolute Gasteiger partial charge is 0.423 e. The van der Waals surface area contributed by atoms with Gasteiger partial charge >= 0.3 is 17.8 Å². The number of ether oxygens (including phenoxy) is 1. The molecule has 0 saturated heterocycles. The van der Waals surface area contributed by atoms with Gasteiger partial charge in [0.25, 0.3) is 0 Å². The second-order valence-corrected chi connectivity index (χ2v) is 8.24. The standard InChI is InChI=1S/C25H19N5O4S/c1-16-6-5-9-19(14-16)24(33)34-20-12-10-17(11-13-20)15-26-28-22(32)21(31)27-25-30-29-23(35-25)18-7-3-2-4-8-18/h2-15H,1H3,(H,28,32)(H,27,30,31)/b26-15-. The summed E-state index contributed by atoms with van der Waals surface area (Å²) in [6, 6.07) is 23.0. The molecule has 2 amide bonds. The molecular formula is C25H19N5O4S. The molecule has 0 radical (unpaired) electrons. The molecule has 1 heterocycles. The summed E-state index contributed by atoms with van der Waals surface area (Å²) in [5, 5.41) is 14.9. The van der Waals surface area contributed by atoms with E-state index in [4.69, 9.17) is 4.74 Å². The Hall–Kier alpha value is -4.70. The van der Waals surface area contributed by atoms with E-state index in [-0.39, 0.29) is 5.13 Å². The molecular weight excluding hydrogens is 466 g/mol. The summed E-state index contributed by atoms with van der Waals surface area (Å²) in [6.07, 6.45) is 1.36. The van der Waals surface area contributed by atoms with Crippen LogP contribution in [0.2, 0.25) is 0 Å². The van der Waals surface area contributed by atoms with Crippen LogP contribution >= 0.6 is 11.3 Å². The maximum absolute atomic E-state index is 12.2. The number of esters is 1. The van der Waals surface area contributed by atoms with E-state index < -0.39 is 17.8 Å². The Morgan fingerprint density at radius 2 is 1.69 bits per heavy atom. The third-order valence-corrected chi connectivity index (χ3v) is 5.48. The maximum atomic E-state index is 12.2. The molecule has 0 bridgehead atoms. The van der Waals surface area contributed by atoms with Crippen LogP contribution in [0.15, 0.2) is 84.0 Å². The van der Waals surface area contributed by atoms with Crippen LogP contribution in [-0.4, -0.2) is 34.2 Å². The molecule has 1 aromatic heterocycles. The number of aryl methyl sites for hydroxylation is 1. The summed E-state index contributed by atoms with van der Waals surface area (Å²) in [7, 11) is 0. The number of hydrazone groups is 1. The minimum atomic E-state index is -0.957. The van der Waals surface area contributed by atoms with Crippen molar-refractivity contribution in [1.29, 1.82) is 0 Å². The van der Waals surface area contributed by atoms with Crippen molar-refractivity contribution in [2.75, 3.05) is 5.32 Å². The average molecular weight is 486 g/mol. The van der Waals surface area contributed by atoms with Crippen molar-refractivity contribution in [3.8, 4) is 16.3 Å². The number of hydrogen-bond acceptors (Lipinski definition) is 8. The molecule has 0 saturated carbocycles. The number of nitrogens with one attached hydrogen (secondary N) is 2. The van der Waals surface area contributed by atoms with Gasteiger partial charge in [0.15, 0.2) is 0 Å². The molecule has 3 aromatic carbocycles. The minimum absolute atomic E-state index is 0.198. The van der Waals surface area contributed by atoms with Gasteiger partial charge in [-0.25, -0.2) is 10.2 Å². The summed E-state index contributed by atoms with van der Waals surface area (Å²) in [6.45, 7) is 1.89. The molecule has 4 aromatic rings. The van der Waals surface area contributed by atoms with Gasteiger partial charge in [-0.05, 0) is 48.9 Å². The molecule has 0 atom stereocenters. The number of anilines is 1. The van der Waals surface area contributed by atoms with Crippen molar-refractivity contribution in [2.24, 2.45) is 5.10 Å². The number of carbonyl (C=O) groups is 3. The predicted octanol–water partition coefficient (Wildman–Crippen LogP) is 3.82. The fourth-order valence-corrected chi connectivity index (χ4v) is 3.65. The van der Waals surface area contributed by atoms with Crippen LogP contribution in [-0.2, 0) is 9.59 Å². The number of amides is 2. The van der Waals surface area contributed by atoms with Gasteiger partial charge in [-0.15, -0.1) is 10.2 Å². The fraction of sp³-hybridized carbons (Fsp3) is 0.0400. The van der Waals surface area contributed by atoms with Crippen LogP contribution in [0.25, 0.3) is 10.6 Å². The summed E-state index contributed by atoms with van der Waals surface area (Å²) in [4.78, 5) is 36.3. The van der Waals surface area contributed by atoms with Gasteiger partial charge in [0.05, 0.1) is 11.8 Å². The topological polar surface area (TPSA) is 123 Å². The lowest BCUT2D eigenvalue weighted by molar-refractivity contribution is -0.136. The monoisotopic (exact) mass is 485 g/mol. The van der Waals surface area contributed by atoms with Crippen molar-refractivity contribution in [2.45, 2.75) is 6.92 Å². The van der Waals surface area contributed by atoms with E-state index in [1.807, 2.05) is 43.3 Å². The number of hydrogen-bond donors (Lipinski definition) is 2. The molecule has 10 heteroatoms. The van der Waals surface area contributed by atoms with Crippen LogP contribution in [0.1, 0.15) is 21.5 Å². The van der Waals surface area contributed by atoms with Gasteiger partial charge < -0.3 is 4.74 Å². The first-order chi connectivity index (χ1) is 17.0. The Kier molecular flexibility index (Phi) is 7.34. The summed E-state index contributed by atoms with van der Waals surface area (Å²) >= 11 is 1.15. The third-order valence-electron chi connectivity index (χ3n) is 4.60. The second-order valence-electron chi connectivity index (χ2n) is 7.26. The molecule has 4 rings (SSSR count). The first kappa shape index (κ1) is 23.5. The van der Waals surface area contributed by atoms with E-state index in [2.05, 4.69) is 26.0 Å². The lowest BCUT2D eigenvalue weighted by Crippen LogP contribution is -2.32. The number of aromatic nitrogens is 2. The molecule has 0 unspecified atom stereocenters. The van der Waals surface area contributed by atoms with E-state index in [1.165, 1.54) is 6.21 Å². The fourth-order valence-electron chi connectivity index (χ4n) is 2.90. The first-order valence-electron chi connectivity index (χ1n) is 10.4. The molecule has 0 aliphatic rings. The summed E-state index contributed by atoms with van der Waals surface area (Å²) < 4.78 is 5.35. The Bertz CT molecular complexity index is 1380. The zero-order valence-corrected chi connectivity index (χ0v) is 19.3. The molecule has 0 aliphatic carbocycles. The number of rotatable bonds is 6. The highest BCUT2D eigenvalue weighted by Crippen LogP contribution is 2.25. The van der Waals surface area contributed by atoms with E-state index in [0.717, 1.165) is 22.5 Å². The number of benzene rings is 3. The van der Waals surface area contributed by atoms with E-state index in [0.29, 0.717) is 21.9 Å². The lowest BCUT2D eigenvalue weighted by atomic mass is 10.1. The van der Waals surface area contributed by atoms with E-state index in [9.17, 15) is 14.4 Å². The Balaban J connectivity index is 1.27. The molecule has 9 nitrogen and oxygen atoms in total. The van der Waals surface area contributed by atoms with Crippen LogP contribution in [0.3, 0.4) is 0 Å². The van der Waals surface area contributed by atoms with Crippen molar-refractivity contribution < 1.29 is 19.1 Å². The quantitative estimate of drug-likeness (QED) is 0.141. The molecule has 174 valence electrons. The van der Waals surface area contributed by atoms with Crippen molar-refractivity contribution in [3.05, 3.63) is 95.6 Å². The summed E-state index contributed by atoms with van der Waals surface area (Å²) in [5.74, 6) is -1.97. The van der Waals surface area contributed by atoms with Gasteiger partial charge in [0, 0.05) is 5.56 Å². The Morgan fingerprint density at radius 1 is 0.914 bits per heavy atom. The Morgan fingerprint density at radius 3 is 2.43 bits per heavy atom. The van der Waals surface area contributed by atoms with Gasteiger partial charge in [0.1, 0.15) is 10.8 Å². The molecule has 0 fully saturated rings. The van der Waals surface area contributed by atoms with E-state index in [1.54, 1.807) is 42.5 Å². The lowest BCUT2D eigenvalue weighted by Gasteiger charge is -2.05.